The van der Waals surface area contributed by atoms with Crippen LogP contribution in [0.3, 0.4) is 0 Å². The van der Waals surface area contributed by atoms with E-state index in [1.807, 2.05) is 31.2 Å². The second-order valence-electron chi connectivity index (χ2n) is 3.07. The maximum atomic E-state index is 10.7. The topological polar surface area (TPSA) is 50.7 Å². The summed E-state index contributed by atoms with van der Waals surface area (Å²) >= 11 is 0. The quantitative estimate of drug-likeness (QED) is 0.602. The van der Waals surface area contributed by atoms with Crippen molar-refractivity contribution in [3.8, 4) is 5.75 Å². The first kappa shape index (κ1) is 11.2. The first-order valence-electron chi connectivity index (χ1n) is 4.59. The van der Waals surface area contributed by atoms with Gasteiger partial charge in [-0.05, 0) is 19.1 Å². The number of carbonyl (C=O) groups is 1. The largest absolute Gasteiger partial charge is 0.496 e. The summed E-state index contributed by atoms with van der Waals surface area (Å²) < 4.78 is 5.18. The summed E-state index contributed by atoms with van der Waals surface area (Å²) in [5.74, 6) is 0.549. The molecule has 0 heterocycles. The molecule has 0 radical (unpaired) electrons. The number of para-hydroxylation sites is 1. The van der Waals surface area contributed by atoms with Gasteiger partial charge in [0.2, 0.25) is 5.91 Å². The smallest absolute Gasteiger partial charge is 0.236 e. The molecule has 0 saturated heterocycles. The van der Waals surface area contributed by atoms with Crippen LogP contribution < -0.4 is 10.2 Å². The SMILES string of the molecule is COc1ccccc1/C(C)=N\NC(C)=O. The summed E-state index contributed by atoms with van der Waals surface area (Å²) in [5, 5.41) is 3.94. The van der Waals surface area contributed by atoms with Crippen molar-refractivity contribution in [1.29, 1.82) is 0 Å². The number of ether oxygens (including phenoxy) is 1. The fraction of sp³-hybridized carbons (Fsp3) is 0.273. The van der Waals surface area contributed by atoms with Gasteiger partial charge < -0.3 is 4.74 Å². The molecule has 1 aromatic rings. The molecule has 0 fully saturated rings. The maximum absolute atomic E-state index is 10.7. The normalized spacial score (nSPS) is 11.0. The van der Waals surface area contributed by atoms with E-state index in [9.17, 15) is 4.79 Å². The Morgan fingerprint density at radius 3 is 2.60 bits per heavy atom. The Balaban J connectivity index is 2.94. The predicted molar refractivity (Wildman–Crippen MR) is 59.0 cm³/mol. The van der Waals surface area contributed by atoms with E-state index in [0.29, 0.717) is 5.71 Å². The molecule has 15 heavy (non-hydrogen) atoms. The fourth-order valence-electron chi connectivity index (χ4n) is 1.17. The van der Waals surface area contributed by atoms with Gasteiger partial charge in [0.25, 0.3) is 0 Å². The van der Waals surface area contributed by atoms with E-state index < -0.39 is 0 Å². The number of methoxy groups -OCH3 is 1. The van der Waals surface area contributed by atoms with Gasteiger partial charge >= 0.3 is 0 Å². The lowest BCUT2D eigenvalue weighted by Crippen LogP contribution is -2.15. The molecule has 4 nitrogen and oxygen atoms in total. The number of hydrazone groups is 1. The summed E-state index contributed by atoms with van der Waals surface area (Å²) in [6, 6.07) is 7.51. The lowest BCUT2D eigenvalue weighted by atomic mass is 10.1. The Bertz CT molecular complexity index is 386. The summed E-state index contributed by atoms with van der Waals surface area (Å²) in [6.07, 6.45) is 0. The monoisotopic (exact) mass is 206 g/mol. The Morgan fingerprint density at radius 2 is 2.00 bits per heavy atom. The molecule has 0 unspecified atom stereocenters. The third kappa shape index (κ3) is 3.09. The Kier molecular flexibility index (Phi) is 3.85. The highest BCUT2D eigenvalue weighted by atomic mass is 16.5. The first-order valence-corrected chi connectivity index (χ1v) is 4.59. The van der Waals surface area contributed by atoms with Crippen LogP contribution in [0.5, 0.6) is 5.75 Å². The van der Waals surface area contributed by atoms with Gasteiger partial charge in [0.15, 0.2) is 0 Å². The van der Waals surface area contributed by atoms with Gasteiger partial charge in [-0.25, -0.2) is 5.43 Å². The molecule has 1 amide bonds. The van der Waals surface area contributed by atoms with Crippen LogP contribution in [0.1, 0.15) is 19.4 Å². The summed E-state index contributed by atoms with van der Waals surface area (Å²) in [7, 11) is 1.60. The second kappa shape index (κ2) is 5.14. The Hall–Kier alpha value is -1.84. The van der Waals surface area contributed by atoms with Crippen molar-refractivity contribution in [2.24, 2.45) is 5.10 Å². The molecule has 0 aliphatic rings. The number of rotatable bonds is 3. The molecule has 0 aromatic heterocycles. The lowest BCUT2D eigenvalue weighted by molar-refractivity contribution is -0.118. The maximum Gasteiger partial charge on any atom is 0.236 e. The molecule has 80 valence electrons. The molecular weight excluding hydrogens is 192 g/mol. The van der Waals surface area contributed by atoms with Gasteiger partial charge in [-0.3, -0.25) is 4.79 Å². The standard InChI is InChI=1S/C11H14N2O2/c1-8(12-13-9(2)14)10-6-4-5-7-11(10)15-3/h4-7H,1-3H3,(H,13,14)/b12-8-. The summed E-state index contributed by atoms with van der Waals surface area (Å²) in [4.78, 5) is 10.7. The van der Waals surface area contributed by atoms with Gasteiger partial charge in [0.05, 0.1) is 12.8 Å². The van der Waals surface area contributed by atoms with Crippen LogP contribution in [-0.4, -0.2) is 18.7 Å². The Morgan fingerprint density at radius 1 is 1.33 bits per heavy atom. The van der Waals surface area contributed by atoms with Crippen LogP contribution >= 0.6 is 0 Å². The van der Waals surface area contributed by atoms with Crippen molar-refractivity contribution < 1.29 is 9.53 Å². The third-order valence-corrected chi connectivity index (χ3v) is 1.88. The average Bonchev–Trinajstić information content (AvgIpc) is 2.25. The fourth-order valence-corrected chi connectivity index (χ4v) is 1.17. The molecule has 4 heteroatoms. The van der Waals surface area contributed by atoms with Gasteiger partial charge in [0, 0.05) is 12.5 Å². The minimum absolute atomic E-state index is 0.191. The first-order chi connectivity index (χ1) is 7.15. The van der Waals surface area contributed by atoms with Crippen molar-refractivity contribution in [3.05, 3.63) is 29.8 Å². The van der Waals surface area contributed by atoms with Crippen molar-refractivity contribution in [2.75, 3.05) is 7.11 Å². The minimum atomic E-state index is -0.191. The van der Waals surface area contributed by atoms with E-state index in [2.05, 4.69) is 10.5 Å². The summed E-state index contributed by atoms with van der Waals surface area (Å²) in [6.45, 7) is 3.23. The number of nitrogens with one attached hydrogen (secondary N) is 1. The highest BCUT2D eigenvalue weighted by Gasteiger charge is 2.04. The van der Waals surface area contributed by atoms with E-state index in [1.165, 1.54) is 6.92 Å². The third-order valence-electron chi connectivity index (χ3n) is 1.88. The molecule has 1 rings (SSSR count). The van der Waals surface area contributed by atoms with Crippen LogP contribution in [-0.2, 0) is 4.79 Å². The summed E-state index contributed by atoms with van der Waals surface area (Å²) in [5.41, 5.74) is 3.97. The number of nitrogens with zero attached hydrogens (tertiary/aromatic N) is 1. The molecule has 0 spiro atoms. The van der Waals surface area contributed by atoms with E-state index in [-0.39, 0.29) is 5.91 Å². The number of benzene rings is 1. The van der Waals surface area contributed by atoms with Crippen molar-refractivity contribution in [3.63, 3.8) is 0 Å². The van der Waals surface area contributed by atoms with Crippen molar-refractivity contribution in [2.45, 2.75) is 13.8 Å². The zero-order chi connectivity index (χ0) is 11.3. The minimum Gasteiger partial charge on any atom is -0.496 e. The molecule has 0 bridgehead atoms. The molecule has 0 aliphatic carbocycles. The van der Waals surface area contributed by atoms with Crippen molar-refractivity contribution in [1.82, 2.24) is 5.43 Å². The van der Waals surface area contributed by atoms with E-state index in [4.69, 9.17) is 4.74 Å². The van der Waals surface area contributed by atoms with Gasteiger partial charge in [0.1, 0.15) is 5.75 Å². The van der Waals surface area contributed by atoms with E-state index in [1.54, 1.807) is 7.11 Å². The molecule has 0 atom stereocenters. The van der Waals surface area contributed by atoms with E-state index in [0.717, 1.165) is 11.3 Å². The van der Waals surface area contributed by atoms with Gasteiger partial charge in [-0.2, -0.15) is 5.10 Å². The lowest BCUT2D eigenvalue weighted by Gasteiger charge is -2.07. The van der Waals surface area contributed by atoms with Crippen LogP contribution in [0.2, 0.25) is 0 Å². The van der Waals surface area contributed by atoms with Crippen LogP contribution in [0.25, 0.3) is 0 Å². The molecule has 1 aromatic carbocycles. The van der Waals surface area contributed by atoms with E-state index >= 15 is 0 Å². The van der Waals surface area contributed by atoms with Crippen LogP contribution in [0.15, 0.2) is 29.4 Å². The van der Waals surface area contributed by atoms with Gasteiger partial charge in [-0.1, -0.05) is 12.1 Å². The number of carbonyl (C=O) groups excluding carboxylic acids is 1. The average molecular weight is 206 g/mol. The molecule has 0 aliphatic heterocycles. The molecule has 0 saturated carbocycles. The highest BCUT2D eigenvalue weighted by molar-refractivity contribution is 6.01. The molecular formula is C11H14N2O2. The number of hydrogen-bond acceptors (Lipinski definition) is 3. The van der Waals surface area contributed by atoms with Crippen LogP contribution in [0.4, 0.5) is 0 Å². The highest BCUT2D eigenvalue weighted by Crippen LogP contribution is 2.17. The molecule has 1 N–H and O–H groups in total. The number of amides is 1. The zero-order valence-electron chi connectivity index (χ0n) is 9.07. The number of hydrogen-bond donors (Lipinski definition) is 1. The van der Waals surface area contributed by atoms with Crippen molar-refractivity contribution >= 4 is 11.6 Å². The second-order valence-corrected chi connectivity index (χ2v) is 3.07. The van der Waals surface area contributed by atoms with Crippen LogP contribution in [0, 0.1) is 0 Å². The van der Waals surface area contributed by atoms with Gasteiger partial charge in [-0.15, -0.1) is 0 Å². The Labute approximate surface area is 88.9 Å². The predicted octanol–water partition coefficient (Wildman–Crippen LogP) is 1.56. The zero-order valence-corrected chi connectivity index (χ0v) is 9.07.